The molecule has 0 radical (unpaired) electrons. The van der Waals surface area contributed by atoms with Crippen LogP contribution in [-0.4, -0.2) is 36.7 Å². The van der Waals surface area contributed by atoms with Crippen molar-refractivity contribution in [3.05, 3.63) is 35.9 Å². The van der Waals surface area contributed by atoms with Crippen molar-refractivity contribution in [2.24, 2.45) is 5.73 Å². The second-order valence-corrected chi connectivity index (χ2v) is 7.54. The van der Waals surface area contributed by atoms with Crippen molar-refractivity contribution in [2.75, 3.05) is 13.1 Å². The van der Waals surface area contributed by atoms with E-state index in [0.717, 1.165) is 25.7 Å². The number of hydrogen-bond acceptors (Lipinski definition) is 4. The van der Waals surface area contributed by atoms with E-state index in [9.17, 15) is 4.79 Å². The van der Waals surface area contributed by atoms with Gasteiger partial charge in [-0.05, 0) is 38.2 Å². The minimum absolute atomic E-state index is 0.0105. The summed E-state index contributed by atoms with van der Waals surface area (Å²) in [5, 5.41) is 6.94. The molecule has 2 fully saturated rings. The minimum Gasteiger partial charge on any atom is -0.364 e. The van der Waals surface area contributed by atoms with Crippen LogP contribution in [0.15, 0.2) is 30.3 Å². The summed E-state index contributed by atoms with van der Waals surface area (Å²) < 4.78 is 5.71. The largest absolute Gasteiger partial charge is 0.364 e. The molecular formula is C20H31N3O2. The summed E-state index contributed by atoms with van der Waals surface area (Å²) in [5.41, 5.74) is 6.90. The quantitative estimate of drug-likeness (QED) is 0.708. The van der Waals surface area contributed by atoms with Gasteiger partial charge < -0.3 is 21.1 Å². The topological polar surface area (TPSA) is 76.4 Å². The molecule has 0 spiro atoms. The van der Waals surface area contributed by atoms with Crippen LogP contribution in [0.2, 0.25) is 0 Å². The molecule has 4 N–H and O–H groups in total. The van der Waals surface area contributed by atoms with Crippen molar-refractivity contribution in [1.29, 1.82) is 0 Å². The van der Waals surface area contributed by atoms with Crippen molar-refractivity contribution in [3.63, 3.8) is 0 Å². The number of nitrogens with one attached hydrogen (secondary N) is 2. The Hall–Kier alpha value is -1.43. The van der Waals surface area contributed by atoms with Crippen LogP contribution in [0.1, 0.15) is 57.1 Å². The Morgan fingerprint density at radius 1 is 1.28 bits per heavy atom. The molecule has 1 saturated carbocycles. The number of hydrogen-bond donors (Lipinski definition) is 3. The van der Waals surface area contributed by atoms with Crippen LogP contribution in [-0.2, 0) is 9.53 Å². The molecule has 138 valence electrons. The lowest BCUT2D eigenvalue weighted by atomic mass is 9.94. The van der Waals surface area contributed by atoms with Crippen LogP contribution < -0.4 is 16.4 Å². The summed E-state index contributed by atoms with van der Waals surface area (Å²) in [6, 6.07) is 10.7. The highest BCUT2D eigenvalue weighted by atomic mass is 16.5. The first-order valence-electron chi connectivity index (χ1n) is 9.58. The lowest BCUT2D eigenvalue weighted by Gasteiger charge is -2.34. The molecule has 1 amide bonds. The highest BCUT2D eigenvalue weighted by Gasteiger charge is 2.37. The average molecular weight is 345 g/mol. The maximum absolute atomic E-state index is 12.5. The third-order valence-electron chi connectivity index (χ3n) is 5.65. The molecule has 3 rings (SSSR count). The lowest BCUT2D eigenvalue weighted by Crippen LogP contribution is -2.53. The number of carbonyl (C=O) groups excluding carboxylic acids is 1. The Morgan fingerprint density at radius 2 is 2.00 bits per heavy atom. The number of rotatable bonds is 7. The number of ether oxygens (including phenoxy) is 1. The molecule has 2 aliphatic rings. The fraction of sp³-hybridized carbons (Fsp3) is 0.650. The third-order valence-corrected chi connectivity index (χ3v) is 5.65. The highest BCUT2D eigenvalue weighted by molar-refractivity contribution is 5.81. The van der Waals surface area contributed by atoms with Gasteiger partial charge in [0.05, 0.1) is 6.10 Å². The van der Waals surface area contributed by atoms with Crippen molar-refractivity contribution in [2.45, 2.75) is 69.2 Å². The summed E-state index contributed by atoms with van der Waals surface area (Å²) in [6.07, 6.45) is 5.96. The van der Waals surface area contributed by atoms with Crippen LogP contribution in [0.4, 0.5) is 0 Å². The Bertz CT molecular complexity index is 557. The van der Waals surface area contributed by atoms with Crippen molar-refractivity contribution in [1.82, 2.24) is 10.6 Å². The maximum atomic E-state index is 12.5. The monoisotopic (exact) mass is 345 g/mol. The van der Waals surface area contributed by atoms with Gasteiger partial charge in [0.1, 0.15) is 6.10 Å². The van der Waals surface area contributed by atoms with E-state index in [2.05, 4.69) is 41.8 Å². The van der Waals surface area contributed by atoms with E-state index in [1.54, 1.807) is 0 Å². The van der Waals surface area contributed by atoms with Gasteiger partial charge >= 0.3 is 0 Å². The van der Waals surface area contributed by atoms with Crippen LogP contribution in [0.5, 0.6) is 0 Å². The molecule has 5 nitrogen and oxygen atoms in total. The third kappa shape index (κ3) is 4.60. The molecule has 1 saturated heterocycles. The first-order chi connectivity index (χ1) is 12.1. The molecular weight excluding hydrogens is 314 g/mol. The molecule has 1 unspecified atom stereocenters. The van der Waals surface area contributed by atoms with Gasteiger partial charge in [-0.25, -0.2) is 0 Å². The number of benzene rings is 1. The Balaban J connectivity index is 1.56. The first-order valence-corrected chi connectivity index (χ1v) is 9.58. The fourth-order valence-electron chi connectivity index (χ4n) is 4.15. The van der Waals surface area contributed by atoms with E-state index < -0.39 is 0 Å². The van der Waals surface area contributed by atoms with Crippen molar-refractivity contribution in [3.8, 4) is 0 Å². The minimum atomic E-state index is -0.335. The average Bonchev–Trinajstić information content (AvgIpc) is 3.30. The molecule has 0 aromatic heterocycles. The Morgan fingerprint density at radius 3 is 2.64 bits per heavy atom. The molecule has 1 heterocycles. The van der Waals surface area contributed by atoms with E-state index in [0.29, 0.717) is 13.1 Å². The second-order valence-electron chi connectivity index (χ2n) is 7.54. The van der Waals surface area contributed by atoms with Gasteiger partial charge in [-0.3, -0.25) is 4.79 Å². The molecule has 0 bridgehead atoms. The van der Waals surface area contributed by atoms with E-state index in [-0.39, 0.29) is 29.7 Å². The van der Waals surface area contributed by atoms with Crippen LogP contribution >= 0.6 is 0 Å². The SMILES string of the molecule is CC(NC1(CNC(=O)[C@@H]2CC[C@H](CN)O2)CCCC1)c1ccccc1. The molecule has 3 atom stereocenters. The highest BCUT2D eigenvalue weighted by Crippen LogP contribution is 2.32. The molecule has 1 aliphatic carbocycles. The zero-order valence-corrected chi connectivity index (χ0v) is 15.2. The number of carbonyl (C=O) groups is 1. The fourth-order valence-corrected chi connectivity index (χ4v) is 4.15. The zero-order chi connectivity index (χ0) is 17.7. The van der Waals surface area contributed by atoms with Crippen LogP contribution in [0.3, 0.4) is 0 Å². The molecule has 1 aliphatic heterocycles. The zero-order valence-electron chi connectivity index (χ0n) is 15.2. The lowest BCUT2D eigenvalue weighted by molar-refractivity contribution is -0.132. The van der Waals surface area contributed by atoms with Gasteiger partial charge in [0.15, 0.2) is 0 Å². The summed E-state index contributed by atoms with van der Waals surface area (Å²) in [6.45, 7) is 3.35. The standard InChI is InChI=1S/C20H31N3O2/c1-15(16-7-3-2-4-8-16)23-20(11-5-6-12-20)14-22-19(24)18-10-9-17(13-21)25-18/h2-4,7-8,15,17-18,23H,5-6,9-14,21H2,1H3,(H,22,24)/t15?,17-,18+/m1/s1. The maximum Gasteiger partial charge on any atom is 0.249 e. The predicted octanol–water partition coefficient (Wildman–Crippen LogP) is 2.27. The van der Waals surface area contributed by atoms with E-state index >= 15 is 0 Å². The summed E-state index contributed by atoms with van der Waals surface area (Å²) in [5.74, 6) is 0.0105. The van der Waals surface area contributed by atoms with E-state index in [4.69, 9.17) is 10.5 Å². The van der Waals surface area contributed by atoms with Gasteiger partial charge in [-0.15, -0.1) is 0 Å². The number of nitrogens with two attached hydrogens (primary N) is 1. The molecule has 1 aromatic rings. The van der Waals surface area contributed by atoms with Gasteiger partial charge in [-0.1, -0.05) is 43.2 Å². The second kappa shape index (κ2) is 8.30. The van der Waals surface area contributed by atoms with Crippen molar-refractivity contribution < 1.29 is 9.53 Å². The summed E-state index contributed by atoms with van der Waals surface area (Å²) in [7, 11) is 0. The van der Waals surface area contributed by atoms with Gasteiger partial charge in [-0.2, -0.15) is 0 Å². The molecule has 25 heavy (non-hydrogen) atoms. The van der Waals surface area contributed by atoms with E-state index in [1.165, 1.54) is 18.4 Å². The van der Waals surface area contributed by atoms with Gasteiger partial charge in [0.2, 0.25) is 5.91 Å². The van der Waals surface area contributed by atoms with Gasteiger partial charge in [0, 0.05) is 24.7 Å². The van der Waals surface area contributed by atoms with Gasteiger partial charge in [0.25, 0.3) is 0 Å². The van der Waals surface area contributed by atoms with Crippen LogP contribution in [0.25, 0.3) is 0 Å². The number of amides is 1. The van der Waals surface area contributed by atoms with Crippen LogP contribution in [0, 0.1) is 0 Å². The predicted molar refractivity (Wildman–Crippen MR) is 99.2 cm³/mol. The van der Waals surface area contributed by atoms with Crippen molar-refractivity contribution >= 4 is 5.91 Å². The first kappa shape index (κ1) is 18.4. The molecule has 1 aromatic carbocycles. The Kier molecular flexibility index (Phi) is 6.10. The smallest absolute Gasteiger partial charge is 0.249 e. The summed E-state index contributed by atoms with van der Waals surface area (Å²) in [4.78, 5) is 12.5. The van der Waals surface area contributed by atoms with E-state index in [1.807, 2.05) is 6.07 Å². The molecule has 5 heteroatoms. The Labute approximate surface area is 150 Å². The normalized spacial score (nSPS) is 26.5. The summed E-state index contributed by atoms with van der Waals surface area (Å²) >= 11 is 0.